The molecule has 4 rings (SSSR count). The normalized spacial score (nSPS) is 18.2. The van der Waals surface area contributed by atoms with Gasteiger partial charge in [-0.2, -0.15) is 0 Å². The first-order valence-electron chi connectivity index (χ1n) is 12.7. The summed E-state index contributed by atoms with van der Waals surface area (Å²) in [4.78, 5) is 26.7. The number of hydrogen-bond acceptors (Lipinski definition) is 7. The highest BCUT2D eigenvalue weighted by Crippen LogP contribution is 2.26. The van der Waals surface area contributed by atoms with Crippen LogP contribution in [0.4, 0.5) is 0 Å². The Morgan fingerprint density at radius 1 is 1.05 bits per heavy atom. The molecule has 1 saturated heterocycles. The fourth-order valence-corrected chi connectivity index (χ4v) is 7.21. The van der Waals surface area contributed by atoms with E-state index >= 15 is 0 Å². The number of fused-ring (bicyclic) bond motifs is 1. The van der Waals surface area contributed by atoms with Crippen molar-refractivity contribution in [2.24, 2.45) is 5.92 Å². The van der Waals surface area contributed by atoms with Crippen molar-refractivity contribution in [1.29, 1.82) is 0 Å². The van der Waals surface area contributed by atoms with E-state index in [-0.39, 0.29) is 54.0 Å². The van der Waals surface area contributed by atoms with Gasteiger partial charge < -0.3 is 20.1 Å². The van der Waals surface area contributed by atoms with Crippen LogP contribution >= 0.6 is 34.5 Å². The van der Waals surface area contributed by atoms with Gasteiger partial charge in [0.15, 0.2) is 0 Å². The molecule has 1 aliphatic heterocycles. The fraction of sp³-hybridized carbons (Fsp3) is 0.407. The molecule has 0 bridgehead atoms. The average molecular weight is 629 g/mol. The molecule has 1 aromatic heterocycles. The molecule has 2 amide bonds. The minimum Gasteiger partial charge on any atom is -0.352 e. The Balaban J connectivity index is 1.31. The first-order chi connectivity index (χ1) is 19.0. The molecule has 13 heteroatoms. The Kier molecular flexibility index (Phi) is 10.4. The molecule has 2 heterocycles. The molecule has 0 spiro atoms. The zero-order valence-corrected chi connectivity index (χ0v) is 25.1. The Labute approximate surface area is 247 Å². The first-order valence-corrected chi connectivity index (χ1v) is 15.8. The van der Waals surface area contributed by atoms with E-state index in [4.69, 9.17) is 32.7 Å². The predicted octanol–water partition coefficient (Wildman–Crippen LogP) is 4.12. The SMILES string of the molecule is CC(C)C[C@H](NC(=O)Cc1cc2ccccc2s1)C(=O)NC[C@H]1OCO[C@@H]1CNS(=O)(=O)c1ccc(Cl)cc1Cl. The highest BCUT2D eigenvalue weighted by Gasteiger charge is 2.32. The largest absolute Gasteiger partial charge is 0.352 e. The Hall–Kier alpha value is -2.25. The van der Waals surface area contributed by atoms with Gasteiger partial charge in [0.2, 0.25) is 21.8 Å². The van der Waals surface area contributed by atoms with E-state index in [2.05, 4.69) is 15.4 Å². The molecule has 0 aliphatic carbocycles. The summed E-state index contributed by atoms with van der Waals surface area (Å²) in [6.45, 7) is 3.88. The maximum absolute atomic E-state index is 13.1. The second-order valence-corrected chi connectivity index (χ2v) is 13.6. The number of carbonyl (C=O) groups excluding carboxylic acids is 2. The van der Waals surface area contributed by atoms with Crippen LogP contribution in [0.25, 0.3) is 10.1 Å². The molecule has 3 N–H and O–H groups in total. The van der Waals surface area contributed by atoms with Crippen LogP contribution in [-0.4, -0.2) is 58.4 Å². The van der Waals surface area contributed by atoms with Crippen molar-refractivity contribution in [1.82, 2.24) is 15.4 Å². The third-order valence-corrected chi connectivity index (χ3v) is 9.54. The molecule has 9 nitrogen and oxygen atoms in total. The second kappa shape index (κ2) is 13.6. The molecule has 0 radical (unpaired) electrons. The molecular weight excluding hydrogens is 597 g/mol. The van der Waals surface area contributed by atoms with E-state index < -0.39 is 28.3 Å². The average Bonchev–Trinajstić information content (AvgIpc) is 3.51. The van der Waals surface area contributed by atoms with Crippen molar-refractivity contribution in [2.75, 3.05) is 19.9 Å². The van der Waals surface area contributed by atoms with Crippen LogP contribution in [0, 0.1) is 5.92 Å². The standard InChI is InChI=1S/C27H31Cl2N3O6S2/c1-16(2)9-21(32-26(33)12-19-10-17-5-3-4-6-24(17)39-19)27(34)30-13-22-23(38-15-37-22)14-31-40(35,36)25-8-7-18(28)11-20(25)29/h3-8,10-11,16,21-23,31H,9,12-15H2,1-2H3,(H,30,34)(H,32,33)/t21-,22+,23+/m0/s1. The van der Waals surface area contributed by atoms with Crippen molar-refractivity contribution in [3.05, 3.63) is 63.5 Å². The van der Waals surface area contributed by atoms with E-state index in [9.17, 15) is 18.0 Å². The maximum Gasteiger partial charge on any atom is 0.242 e. The highest BCUT2D eigenvalue weighted by atomic mass is 35.5. The summed E-state index contributed by atoms with van der Waals surface area (Å²) in [7, 11) is -3.94. The number of benzene rings is 2. The van der Waals surface area contributed by atoms with E-state index in [1.807, 2.05) is 44.2 Å². The van der Waals surface area contributed by atoms with Crippen molar-refractivity contribution in [3.8, 4) is 0 Å². The summed E-state index contributed by atoms with van der Waals surface area (Å²) >= 11 is 13.5. The minimum absolute atomic E-state index is 0.00185. The summed E-state index contributed by atoms with van der Waals surface area (Å²) in [5.41, 5.74) is 0. The molecule has 2 aromatic carbocycles. The Morgan fingerprint density at radius 3 is 2.48 bits per heavy atom. The number of ether oxygens (including phenoxy) is 2. The summed E-state index contributed by atoms with van der Waals surface area (Å²) in [5.74, 6) is -0.421. The zero-order chi connectivity index (χ0) is 28.9. The van der Waals surface area contributed by atoms with Crippen molar-refractivity contribution in [2.45, 2.75) is 49.8 Å². The summed E-state index contributed by atoms with van der Waals surface area (Å²) < 4.78 is 40.1. The molecule has 3 atom stereocenters. The van der Waals surface area contributed by atoms with Gasteiger partial charge in [0, 0.05) is 27.7 Å². The van der Waals surface area contributed by atoms with Crippen LogP contribution in [0.1, 0.15) is 25.1 Å². The fourth-order valence-electron chi connectivity index (χ4n) is 4.33. The molecule has 3 aromatic rings. The van der Waals surface area contributed by atoms with Crippen LogP contribution in [0.3, 0.4) is 0 Å². The van der Waals surface area contributed by atoms with Crippen molar-refractivity contribution < 1.29 is 27.5 Å². The van der Waals surface area contributed by atoms with Gasteiger partial charge >= 0.3 is 0 Å². The lowest BCUT2D eigenvalue weighted by atomic mass is 10.0. The molecule has 40 heavy (non-hydrogen) atoms. The lowest BCUT2D eigenvalue weighted by Crippen LogP contribution is -2.50. The predicted molar refractivity (Wildman–Crippen MR) is 156 cm³/mol. The number of nitrogens with one attached hydrogen (secondary N) is 3. The Bertz CT molecular complexity index is 1430. The van der Waals surface area contributed by atoms with E-state index in [0.29, 0.717) is 11.4 Å². The summed E-state index contributed by atoms with van der Waals surface area (Å²) in [5, 5.41) is 7.10. The molecule has 0 saturated carbocycles. The maximum atomic E-state index is 13.1. The summed E-state index contributed by atoms with van der Waals surface area (Å²) in [6, 6.07) is 13.3. The molecule has 1 aliphatic rings. The van der Waals surface area contributed by atoms with Gasteiger partial charge in [-0.05, 0) is 48.1 Å². The van der Waals surface area contributed by atoms with Gasteiger partial charge in [0.05, 0.1) is 11.4 Å². The van der Waals surface area contributed by atoms with Crippen LogP contribution in [-0.2, 0) is 35.5 Å². The topological polar surface area (TPSA) is 123 Å². The minimum atomic E-state index is -3.94. The molecule has 0 unspecified atom stereocenters. The van der Waals surface area contributed by atoms with E-state index in [1.165, 1.54) is 18.2 Å². The van der Waals surface area contributed by atoms with Crippen LogP contribution in [0.2, 0.25) is 10.0 Å². The van der Waals surface area contributed by atoms with Crippen LogP contribution in [0.5, 0.6) is 0 Å². The number of amides is 2. The lowest BCUT2D eigenvalue weighted by molar-refractivity contribution is -0.129. The summed E-state index contributed by atoms with van der Waals surface area (Å²) in [6.07, 6.45) is -0.605. The van der Waals surface area contributed by atoms with E-state index in [0.717, 1.165) is 15.0 Å². The number of carbonyl (C=O) groups is 2. The number of sulfonamides is 1. The van der Waals surface area contributed by atoms with Gasteiger partial charge in [-0.3, -0.25) is 9.59 Å². The highest BCUT2D eigenvalue weighted by molar-refractivity contribution is 7.89. The van der Waals surface area contributed by atoms with Crippen molar-refractivity contribution >= 4 is 66.5 Å². The van der Waals surface area contributed by atoms with Crippen LogP contribution in [0.15, 0.2) is 53.4 Å². The van der Waals surface area contributed by atoms with Gasteiger partial charge in [-0.25, -0.2) is 13.1 Å². The number of hydrogen-bond donors (Lipinski definition) is 3. The Morgan fingerprint density at radius 2 is 1.77 bits per heavy atom. The molecule has 1 fully saturated rings. The molecular formula is C27H31Cl2N3O6S2. The number of thiophene rings is 1. The van der Waals surface area contributed by atoms with Gasteiger partial charge in [-0.15, -0.1) is 11.3 Å². The smallest absolute Gasteiger partial charge is 0.242 e. The second-order valence-electron chi connectivity index (χ2n) is 9.88. The number of halogens is 2. The van der Waals surface area contributed by atoms with Gasteiger partial charge in [-0.1, -0.05) is 55.2 Å². The van der Waals surface area contributed by atoms with Crippen LogP contribution < -0.4 is 15.4 Å². The quantitative estimate of drug-likeness (QED) is 0.278. The number of rotatable bonds is 12. The third-order valence-electron chi connectivity index (χ3n) is 6.28. The first kappa shape index (κ1) is 30.7. The van der Waals surface area contributed by atoms with E-state index in [1.54, 1.807) is 11.3 Å². The third kappa shape index (κ3) is 8.16. The van der Waals surface area contributed by atoms with Gasteiger partial charge in [0.1, 0.15) is 29.9 Å². The van der Waals surface area contributed by atoms with Gasteiger partial charge in [0.25, 0.3) is 0 Å². The zero-order valence-electron chi connectivity index (χ0n) is 22.0. The lowest BCUT2D eigenvalue weighted by Gasteiger charge is -2.22. The van der Waals surface area contributed by atoms with Crippen molar-refractivity contribution in [3.63, 3.8) is 0 Å². The monoisotopic (exact) mass is 627 g/mol. The molecule has 216 valence electrons.